The predicted octanol–water partition coefficient (Wildman–Crippen LogP) is -3.09. The number of fused-ring (bicyclic) bond motifs is 2. The highest BCUT2D eigenvalue weighted by molar-refractivity contribution is 7.97. The minimum Gasteiger partial charge on any atom is -0.481 e. The zero-order valence-electron chi connectivity index (χ0n) is 35.2. The van der Waals surface area contributed by atoms with Crippen LogP contribution in [0.3, 0.4) is 0 Å². The highest BCUT2D eigenvalue weighted by atomic mass is 32.2. The van der Waals surface area contributed by atoms with Crippen molar-refractivity contribution >= 4 is 67.7 Å². The summed E-state index contributed by atoms with van der Waals surface area (Å²) >= 11 is 0. The molecule has 6 rings (SSSR count). The summed E-state index contributed by atoms with van der Waals surface area (Å²) in [6, 6.07) is -1.05. The maximum absolute atomic E-state index is 11.4. The van der Waals surface area contributed by atoms with Crippen LogP contribution in [-0.4, -0.2) is 172 Å². The number of imidazole rings is 2. The number of rotatable bonds is 18. The number of nitrogens with two attached hydrogens (primary N) is 5. The van der Waals surface area contributed by atoms with Crippen LogP contribution in [-0.2, 0) is 40.9 Å². The van der Waals surface area contributed by atoms with E-state index >= 15 is 0 Å². The molecule has 0 amide bonds. The molecule has 4 unspecified atom stereocenters. The van der Waals surface area contributed by atoms with Crippen LogP contribution in [0.5, 0.6) is 0 Å². The molecule has 0 bridgehead atoms. The number of ether oxygens (including phenoxy) is 2. The van der Waals surface area contributed by atoms with Crippen molar-refractivity contribution in [3.05, 3.63) is 25.3 Å². The second kappa shape index (κ2) is 23.9. The fourth-order valence-corrected chi connectivity index (χ4v) is 11.1. The first kappa shape index (κ1) is 50.1. The molecule has 25 heteroatoms. The van der Waals surface area contributed by atoms with E-state index in [2.05, 4.69) is 53.6 Å². The zero-order chi connectivity index (χ0) is 46.5. The Morgan fingerprint density at radius 3 is 1.53 bits per heavy atom. The molecule has 2 aliphatic heterocycles. The lowest BCUT2D eigenvalue weighted by atomic mass is 10.1. The number of aliphatic hydroxyl groups is 4. The number of aliphatic carboxylic acids is 2. The lowest BCUT2D eigenvalue weighted by Crippen LogP contribution is -2.42. The molecule has 0 saturated carbocycles. The summed E-state index contributed by atoms with van der Waals surface area (Å²) in [6.07, 6.45) is 0.237. The van der Waals surface area contributed by atoms with E-state index in [0.29, 0.717) is 77.0 Å². The average Bonchev–Trinajstić information content (AvgIpc) is 4.03. The zero-order valence-corrected chi connectivity index (χ0v) is 36.8. The Morgan fingerprint density at radius 2 is 1.12 bits per heavy atom. The molecule has 23 nitrogen and oxygen atoms in total. The van der Waals surface area contributed by atoms with Gasteiger partial charge in [0.2, 0.25) is 0 Å². The molecule has 0 aliphatic carbocycles. The van der Waals surface area contributed by atoms with Crippen molar-refractivity contribution in [2.45, 2.75) is 87.7 Å². The van der Waals surface area contributed by atoms with Gasteiger partial charge in [-0.15, -0.1) is 0 Å². The summed E-state index contributed by atoms with van der Waals surface area (Å²) in [7, 11) is -1.03. The molecule has 0 radical (unpaired) electrons. The van der Waals surface area contributed by atoms with Gasteiger partial charge in [0.15, 0.2) is 46.9 Å². The van der Waals surface area contributed by atoms with E-state index in [0.717, 1.165) is 12.8 Å². The molecule has 16 N–H and O–H groups in total. The van der Waals surface area contributed by atoms with Gasteiger partial charge >= 0.3 is 11.9 Å². The summed E-state index contributed by atoms with van der Waals surface area (Å²) in [6.45, 7) is 2.76. The standard InChI is InChI=1S/C20H28N6O5S.C19H27N7O5S/c1-12(20(29)30)8-32(7-5-3-2-4-6-21)9-13-15(27)16(28)19(31-13)26-11-25-14-17(22)23-10-24-18(14)26;20-5-3-1-2-4-6-32(7-11(21)19(29)30)8-12-14(27)15(28)18(31-12)26-10-25-13-16(22)23-9-24-17(13)26/h10-13,15-16,19,27-28H,2,4,6-9,21H2,1H3,(H2-,22,23,24,29,30);9-12,14-15,18,27-28H,1,3,5-8,20-21H2,(H2-,22,23,24,29,30)/p+2/t12-,13+,15?,16-,19+,32?;11-,12+,14?,15-,18+,32?/m00/s1. The number of aromatic nitrogens is 8. The largest absolute Gasteiger partial charge is 0.481 e. The third-order valence-corrected chi connectivity index (χ3v) is 14.8. The minimum absolute atomic E-state index is 0.187. The Hall–Kier alpha value is -4.90. The maximum Gasteiger partial charge on any atom is 0.325 e. The number of hydrogen-bond donors (Lipinski definition) is 11. The number of hydrogen-bond acceptors (Lipinski definition) is 19. The molecular weight excluding hydrogens is 875 g/mol. The summed E-state index contributed by atoms with van der Waals surface area (Å²) in [5.74, 6) is 12.3. The molecule has 0 spiro atoms. The Balaban J connectivity index is 0.000000241. The molecule has 4 aromatic heterocycles. The van der Waals surface area contributed by atoms with E-state index in [-0.39, 0.29) is 17.4 Å². The van der Waals surface area contributed by atoms with Gasteiger partial charge < -0.3 is 68.8 Å². The molecule has 2 aliphatic rings. The first-order chi connectivity index (χ1) is 30.7. The van der Waals surface area contributed by atoms with E-state index in [1.807, 2.05) is 0 Å². The molecule has 2 saturated heterocycles. The average molecular weight is 932 g/mol. The molecule has 12 atom stereocenters. The third kappa shape index (κ3) is 12.7. The van der Waals surface area contributed by atoms with Gasteiger partial charge in [-0.05, 0) is 44.7 Å². The van der Waals surface area contributed by atoms with Crippen molar-refractivity contribution in [1.29, 1.82) is 0 Å². The van der Waals surface area contributed by atoms with Crippen molar-refractivity contribution in [2.75, 3.05) is 59.1 Å². The van der Waals surface area contributed by atoms with Crippen molar-refractivity contribution in [3.8, 4) is 23.7 Å². The van der Waals surface area contributed by atoms with Gasteiger partial charge in [-0.1, -0.05) is 11.8 Å². The Morgan fingerprint density at radius 1 is 0.688 bits per heavy atom. The van der Waals surface area contributed by atoms with Crippen LogP contribution < -0.4 is 28.7 Å². The van der Waals surface area contributed by atoms with E-state index in [1.54, 1.807) is 6.92 Å². The molecule has 0 aromatic carbocycles. The van der Waals surface area contributed by atoms with Gasteiger partial charge in [-0.3, -0.25) is 18.7 Å². The van der Waals surface area contributed by atoms with Crippen molar-refractivity contribution in [3.63, 3.8) is 0 Å². The summed E-state index contributed by atoms with van der Waals surface area (Å²) in [5.41, 5.74) is 29.8. The minimum atomic E-state index is -1.25. The third-order valence-electron chi connectivity index (χ3n) is 10.3. The SMILES string of the molecule is C[C@@H](C[S+](CC#CCCCN)C[C@H]1O[C@@H](n2cnc3c(N)ncnc32)[C@@H](O)C1O)C(=O)O.NCCCC#CC[S+](C[C@H](N)C(=O)O)C[C@H]1O[C@@H](n2cnc3c(N)ncnc32)[C@@H](O)C1O. The van der Waals surface area contributed by atoms with Crippen molar-refractivity contribution in [1.82, 2.24) is 39.0 Å². The summed E-state index contributed by atoms with van der Waals surface area (Å²) < 4.78 is 15.0. The maximum atomic E-state index is 11.4. The molecule has 4 aromatic rings. The van der Waals surface area contributed by atoms with Gasteiger partial charge in [0, 0.05) is 34.6 Å². The van der Waals surface area contributed by atoms with Gasteiger partial charge in [0.1, 0.15) is 89.4 Å². The lowest BCUT2D eigenvalue weighted by molar-refractivity contribution is -0.140. The molecule has 64 heavy (non-hydrogen) atoms. The van der Waals surface area contributed by atoms with Crippen LogP contribution in [0.4, 0.5) is 11.6 Å². The number of carboxylic acid groups (broad SMARTS) is 2. The quantitative estimate of drug-likeness (QED) is 0.0267. The summed E-state index contributed by atoms with van der Waals surface area (Å²) in [4.78, 5) is 47.0. The highest BCUT2D eigenvalue weighted by Gasteiger charge is 2.49. The normalized spacial score (nSPS) is 24.8. The van der Waals surface area contributed by atoms with Gasteiger partial charge in [0.05, 0.1) is 18.6 Å². The van der Waals surface area contributed by atoms with Crippen LogP contribution in [0, 0.1) is 29.6 Å². The van der Waals surface area contributed by atoms with Crippen LogP contribution >= 0.6 is 0 Å². The Kier molecular flexibility index (Phi) is 18.7. The molecule has 6 heterocycles. The predicted molar refractivity (Wildman–Crippen MR) is 240 cm³/mol. The fourth-order valence-electron chi connectivity index (χ4n) is 6.76. The number of carbonyl (C=O) groups is 2. The van der Waals surface area contributed by atoms with Crippen molar-refractivity contribution < 1.29 is 49.7 Å². The van der Waals surface area contributed by atoms with Gasteiger partial charge in [-0.2, -0.15) is 0 Å². The Labute approximate surface area is 374 Å². The number of carboxylic acids is 2. The van der Waals surface area contributed by atoms with Gasteiger partial charge in [-0.25, -0.2) is 29.9 Å². The molecule has 348 valence electrons. The smallest absolute Gasteiger partial charge is 0.325 e. The topological polar surface area (TPSA) is 391 Å². The first-order valence-electron chi connectivity index (χ1n) is 20.4. The van der Waals surface area contributed by atoms with E-state index in [9.17, 15) is 40.2 Å². The second-order valence-corrected chi connectivity index (χ2v) is 19.5. The van der Waals surface area contributed by atoms with E-state index in [4.69, 9.17) is 38.1 Å². The Bertz CT molecular complexity index is 2140. The molecule has 2 fully saturated rings. The monoisotopic (exact) mass is 931 g/mol. The number of nitrogen functional groups attached to an aromatic ring is 2. The number of aliphatic hydroxyl groups excluding tert-OH is 4. The van der Waals surface area contributed by atoms with Crippen LogP contribution in [0.15, 0.2) is 25.3 Å². The van der Waals surface area contributed by atoms with E-state index < -0.39 is 94.8 Å². The van der Waals surface area contributed by atoms with Gasteiger partial charge in [0.25, 0.3) is 0 Å². The van der Waals surface area contributed by atoms with Crippen LogP contribution in [0.25, 0.3) is 22.3 Å². The first-order valence-corrected chi connectivity index (χ1v) is 23.8. The number of nitrogens with zero attached hydrogens (tertiary/aromatic N) is 8. The fraction of sp³-hybridized carbons (Fsp3) is 0.590. The summed E-state index contributed by atoms with van der Waals surface area (Å²) in [5, 5.41) is 61.1. The molecular formula is C39H57N13O10S2+2. The highest BCUT2D eigenvalue weighted by Crippen LogP contribution is 2.34. The lowest BCUT2D eigenvalue weighted by Gasteiger charge is -2.17. The second-order valence-electron chi connectivity index (χ2n) is 15.1. The van der Waals surface area contributed by atoms with Crippen LogP contribution in [0.2, 0.25) is 0 Å². The van der Waals surface area contributed by atoms with Crippen LogP contribution in [0.1, 0.15) is 45.1 Å². The van der Waals surface area contributed by atoms with E-state index in [1.165, 1.54) is 34.4 Å². The van der Waals surface area contributed by atoms with Crippen molar-refractivity contribution in [2.24, 2.45) is 23.1 Å². The number of unbranched alkanes of at least 4 members (excludes halogenated alkanes) is 2. The number of anilines is 2.